The molecule has 4 heteroatoms. The highest BCUT2D eigenvalue weighted by Crippen LogP contribution is 2.36. The van der Waals surface area contributed by atoms with Crippen molar-refractivity contribution in [3.8, 4) is 0 Å². The number of nitrogens with one attached hydrogen (secondary N) is 1. The van der Waals surface area contributed by atoms with E-state index in [1.807, 2.05) is 6.92 Å². The lowest BCUT2D eigenvalue weighted by atomic mass is 9.80. The third-order valence-electron chi connectivity index (χ3n) is 3.45. The summed E-state index contributed by atoms with van der Waals surface area (Å²) in [5, 5.41) is 11.2. The average molecular weight is 252 g/mol. The zero-order valence-corrected chi connectivity index (χ0v) is 11.3. The Kier molecular flexibility index (Phi) is 4.15. The average Bonchev–Trinajstić information content (AvgIpc) is 2.76. The van der Waals surface area contributed by atoms with E-state index in [9.17, 15) is 0 Å². The van der Waals surface area contributed by atoms with Gasteiger partial charge in [-0.3, -0.25) is 5.41 Å². The molecule has 1 aromatic rings. The second-order valence-electron chi connectivity index (χ2n) is 4.64. The van der Waals surface area contributed by atoms with E-state index in [2.05, 4.69) is 17.3 Å². The molecule has 0 spiro atoms. The minimum Gasteiger partial charge on any atom is -0.481 e. The van der Waals surface area contributed by atoms with Crippen molar-refractivity contribution in [1.29, 1.82) is 5.41 Å². The number of nitrogens with zero attached hydrogens (tertiary/aromatic N) is 1. The van der Waals surface area contributed by atoms with Gasteiger partial charge in [0.25, 0.3) is 0 Å². The minimum absolute atomic E-state index is 0.339. The van der Waals surface area contributed by atoms with Gasteiger partial charge in [0.2, 0.25) is 0 Å². The molecule has 0 unspecified atom stereocenters. The molecule has 94 valence electrons. The van der Waals surface area contributed by atoms with Gasteiger partial charge in [0, 0.05) is 17.2 Å². The fraction of sp³-hybridized carbons (Fsp3) is 0.692. The lowest BCUT2D eigenvalue weighted by Gasteiger charge is -2.27. The van der Waals surface area contributed by atoms with Gasteiger partial charge in [0.15, 0.2) is 5.90 Å². The normalized spacial score (nSPS) is 24.6. The number of hydrogen-bond donors (Lipinski definition) is 1. The van der Waals surface area contributed by atoms with Gasteiger partial charge in [-0.1, -0.05) is 0 Å². The SMILES string of the molecule is CCOC(=N)C1CCC(c2csc(C)n2)CC1. The first-order valence-electron chi connectivity index (χ1n) is 6.34. The first-order chi connectivity index (χ1) is 8.20. The van der Waals surface area contributed by atoms with E-state index in [0.29, 0.717) is 24.3 Å². The molecule has 0 radical (unpaired) electrons. The first kappa shape index (κ1) is 12.6. The third kappa shape index (κ3) is 3.06. The van der Waals surface area contributed by atoms with Crippen LogP contribution in [0.5, 0.6) is 0 Å². The summed E-state index contributed by atoms with van der Waals surface area (Å²) in [7, 11) is 0. The predicted octanol–water partition coefficient (Wildman–Crippen LogP) is 3.74. The van der Waals surface area contributed by atoms with Gasteiger partial charge < -0.3 is 4.74 Å². The molecular formula is C13H20N2OS. The Hall–Kier alpha value is -0.900. The zero-order chi connectivity index (χ0) is 12.3. The van der Waals surface area contributed by atoms with Crippen molar-refractivity contribution < 1.29 is 4.74 Å². The van der Waals surface area contributed by atoms with Gasteiger partial charge in [0.05, 0.1) is 17.3 Å². The van der Waals surface area contributed by atoms with Gasteiger partial charge >= 0.3 is 0 Å². The lowest BCUT2D eigenvalue weighted by Crippen LogP contribution is -2.22. The molecule has 0 amide bonds. The Morgan fingerprint density at radius 2 is 2.18 bits per heavy atom. The van der Waals surface area contributed by atoms with Crippen molar-refractivity contribution >= 4 is 17.2 Å². The zero-order valence-electron chi connectivity index (χ0n) is 10.5. The fourth-order valence-corrected chi connectivity index (χ4v) is 3.19. The second kappa shape index (κ2) is 5.63. The Bertz CT molecular complexity index is 381. The fourth-order valence-electron chi connectivity index (χ4n) is 2.49. The molecule has 1 saturated carbocycles. The number of thiazole rings is 1. The highest BCUT2D eigenvalue weighted by Gasteiger charge is 2.26. The van der Waals surface area contributed by atoms with E-state index in [1.54, 1.807) is 11.3 Å². The number of aryl methyl sites for hydroxylation is 1. The molecule has 1 aliphatic carbocycles. The van der Waals surface area contributed by atoms with Crippen LogP contribution in [0.2, 0.25) is 0 Å². The molecule has 0 atom stereocenters. The minimum atomic E-state index is 0.339. The van der Waals surface area contributed by atoms with E-state index in [-0.39, 0.29) is 0 Å². The summed E-state index contributed by atoms with van der Waals surface area (Å²) < 4.78 is 5.30. The topological polar surface area (TPSA) is 46.0 Å². The van der Waals surface area contributed by atoms with Crippen LogP contribution in [0.15, 0.2) is 5.38 Å². The van der Waals surface area contributed by atoms with Crippen LogP contribution in [-0.2, 0) is 4.74 Å². The number of ether oxygens (including phenoxy) is 1. The number of aromatic nitrogens is 1. The molecule has 0 aliphatic heterocycles. The van der Waals surface area contributed by atoms with Crippen LogP contribution in [0.25, 0.3) is 0 Å². The highest BCUT2D eigenvalue weighted by molar-refractivity contribution is 7.09. The second-order valence-corrected chi connectivity index (χ2v) is 5.70. The highest BCUT2D eigenvalue weighted by atomic mass is 32.1. The summed E-state index contributed by atoms with van der Waals surface area (Å²) in [6.07, 6.45) is 4.42. The smallest absolute Gasteiger partial charge is 0.183 e. The molecule has 1 aromatic heterocycles. The van der Waals surface area contributed by atoms with Crippen LogP contribution in [0.3, 0.4) is 0 Å². The maximum atomic E-state index is 7.82. The molecule has 3 nitrogen and oxygen atoms in total. The summed E-state index contributed by atoms with van der Waals surface area (Å²) >= 11 is 1.74. The van der Waals surface area contributed by atoms with Crippen LogP contribution in [0, 0.1) is 18.3 Å². The van der Waals surface area contributed by atoms with E-state index >= 15 is 0 Å². The van der Waals surface area contributed by atoms with E-state index in [4.69, 9.17) is 10.1 Å². The molecule has 0 bridgehead atoms. The van der Waals surface area contributed by atoms with Crippen LogP contribution >= 0.6 is 11.3 Å². The van der Waals surface area contributed by atoms with Crippen molar-refractivity contribution in [2.24, 2.45) is 5.92 Å². The van der Waals surface area contributed by atoms with Crippen LogP contribution < -0.4 is 0 Å². The van der Waals surface area contributed by atoms with Gasteiger partial charge in [-0.25, -0.2) is 4.98 Å². The predicted molar refractivity (Wildman–Crippen MR) is 70.9 cm³/mol. The molecule has 1 fully saturated rings. The standard InChI is InChI=1S/C13H20N2OS/c1-3-16-13(14)11-6-4-10(5-7-11)12-8-17-9(2)15-12/h8,10-11,14H,3-7H2,1-2H3. The molecule has 1 aliphatic rings. The van der Waals surface area contributed by atoms with Gasteiger partial charge in [-0.2, -0.15) is 0 Å². The molecule has 2 rings (SSSR count). The van der Waals surface area contributed by atoms with E-state index < -0.39 is 0 Å². The third-order valence-corrected chi connectivity index (χ3v) is 4.24. The molecule has 17 heavy (non-hydrogen) atoms. The van der Waals surface area contributed by atoms with Crippen molar-refractivity contribution in [3.05, 3.63) is 16.1 Å². The summed E-state index contributed by atoms with van der Waals surface area (Å²) in [5.74, 6) is 1.43. The Labute approximate surface area is 107 Å². The summed E-state index contributed by atoms with van der Waals surface area (Å²) in [6.45, 7) is 4.62. The first-order valence-corrected chi connectivity index (χ1v) is 7.22. The van der Waals surface area contributed by atoms with Crippen LogP contribution in [-0.4, -0.2) is 17.5 Å². The summed E-state index contributed by atoms with van der Waals surface area (Å²) in [6, 6.07) is 0. The van der Waals surface area contributed by atoms with Crippen molar-refractivity contribution in [2.75, 3.05) is 6.61 Å². The van der Waals surface area contributed by atoms with Crippen LogP contribution in [0.4, 0.5) is 0 Å². The van der Waals surface area contributed by atoms with Gasteiger partial charge in [-0.05, 0) is 39.5 Å². The van der Waals surface area contributed by atoms with Crippen LogP contribution in [0.1, 0.15) is 49.2 Å². The Morgan fingerprint density at radius 3 is 2.71 bits per heavy atom. The number of rotatable bonds is 3. The monoisotopic (exact) mass is 252 g/mol. The molecule has 0 aromatic carbocycles. The van der Waals surface area contributed by atoms with Gasteiger partial charge in [-0.15, -0.1) is 11.3 Å². The molecule has 1 heterocycles. The molecule has 0 saturated heterocycles. The molecule has 1 N–H and O–H groups in total. The maximum Gasteiger partial charge on any atom is 0.183 e. The maximum absolute atomic E-state index is 7.82. The number of hydrogen-bond acceptors (Lipinski definition) is 4. The summed E-state index contributed by atoms with van der Waals surface area (Å²) in [5.41, 5.74) is 1.26. The van der Waals surface area contributed by atoms with E-state index in [1.165, 1.54) is 5.69 Å². The Balaban J connectivity index is 1.88. The van der Waals surface area contributed by atoms with E-state index in [0.717, 1.165) is 30.7 Å². The van der Waals surface area contributed by atoms with Crippen molar-refractivity contribution in [3.63, 3.8) is 0 Å². The van der Waals surface area contributed by atoms with Crippen molar-refractivity contribution in [2.45, 2.75) is 45.4 Å². The lowest BCUT2D eigenvalue weighted by molar-refractivity contribution is 0.268. The molecular weight excluding hydrogens is 232 g/mol. The Morgan fingerprint density at radius 1 is 1.47 bits per heavy atom. The summed E-state index contributed by atoms with van der Waals surface area (Å²) in [4.78, 5) is 4.57. The van der Waals surface area contributed by atoms with Gasteiger partial charge in [0.1, 0.15) is 0 Å². The largest absolute Gasteiger partial charge is 0.481 e. The van der Waals surface area contributed by atoms with Crippen molar-refractivity contribution in [1.82, 2.24) is 4.98 Å². The quantitative estimate of drug-likeness (QED) is 0.658.